The van der Waals surface area contributed by atoms with Crippen molar-refractivity contribution < 1.29 is 9.53 Å². The molecule has 3 heteroatoms. The van der Waals surface area contributed by atoms with Gasteiger partial charge in [0.1, 0.15) is 0 Å². The fourth-order valence-electron chi connectivity index (χ4n) is 2.68. The summed E-state index contributed by atoms with van der Waals surface area (Å²) in [5, 5.41) is 0. The molecule has 0 aromatic heterocycles. The maximum Gasteiger partial charge on any atom is 0.309 e. The zero-order valence-corrected chi connectivity index (χ0v) is 13.7. The smallest absolute Gasteiger partial charge is 0.309 e. The van der Waals surface area contributed by atoms with Gasteiger partial charge < -0.3 is 10.5 Å². The molecule has 0 aliphatic heterocycles. The minimum absolute atomic E-state index is 0.110. The largest absolute Gasteiger partial charge is 0.466 e. The van der Waals surface area contributed by atoms with Crippen LogP contribution in [-0.2, 0) is 16.0 Å². The number of carbonyl (C=O) groups is 1. The Morgan fingerprint density at radius 3 is 2.30 bits per heavy atom. The molecule has 0 bridgehead atoms. The fraction of sp³-hybridized carbons (Fsp3) is 0.350. The van der Waals surface area contributed by atoms with Crippen molar-refractivity contribution in [2.75, 3.05) is 13.2 Å². The Morgan fingerprint density at radius 2 is 1.70 bits per heavy atom. The van der Waals surface area contributed by atoms with E-state index < -0.39 is 0 Å². The zero-order chi connectivity index (χ0) is 16.5. The molecular formula is C20H25NO2. The number of carbonyl (C=O) groups excluding carboxylic acids is 1. The molecule has 0 saturated carbocycles. The monoisotopic (exact) mass is 311 g/mol. The van der Waals surface area contributed by atoms with Gasteiger partial charge in [0.25, 0.3) is 0 Å². The van der Waals surface area contributed by atoms with Crippen LogP contribution in [0.15, 0.2) is 54.6 Å². The third kappa shape index (κ3) is 5.22. The molecule has 2 N–H and O–H groups in total. The van der Waals surface area contributed by atoms with Gasteiger partial charge in [-0.3, -0.25) is 4.79 Å². The molecule has 1 atom stereocenters. The van der Waals surface area contributed by atoms with Gasteiger partial charge in [0.15, 0.2) is 0 Å². The van der Waals surface area contributed by atoms with Crippen LogP contribution in [0.1, 0.15) is 25.3 Å². The summed E-state index contributed by atoms with van der Waals surface area (Å²) < 4.78 is 5.19. The minimum Gasteiger partial charge on any atom is -0.466 e. The van der Waals surface area contributed by atoms with Crippen molar-refractivity contribution in [3.63, 3.8) is 0 Å². The second-order valence-corrected chi connectivity index (χ2v) is 5.65. The Labute approximate surface area is 138 Å². The second kappa shape index (κ2) is 9.11. The van der Waals surface area contributed by atoms with Crippen LogP contribution in [0, 0.1) is 5.92 Å². The Morgan fingerprint density at radius 1 is 1.04 bits per heavy atom. The van der Waals surface area contributed by atoms with Crippen LogP contribution in [0.3, 0.4) is 0 Å². The molecule has 0 heterocycles. The summed E-state index contributed by atoms with van der Waals surface area (Å²) in [6.07, 6.45) is 2.31. The van der Waals surface area contributed by atoms with E-state index in [1.54, 1.807) is 0 Å². The van der Waals surface area contributed by atoms with Crippen LogP contribution in [0.2, 0.25) is 0 Å². The van der Waals surface area contributed by atoms with Gasteiger partial charge in [0.05, 0.1) is 12.5 Å². The quantitative estimate of drug-likeness (QED) is 0.754. The number of rotatable bonds is 8. The summed E-state index contributed by atoms with van der Waals surface area (Å²) >= 11 is 0. The second-order valence-electron chi connectivity index (χ2n) is 5.65. The molecule has 0 unspecified atom stereocenters. The van der Waals surface area contributed by atoms with Gasteiger partial charge in [-0.05, 0) is 49.4 Å². The van der Waals surface area contributed by atoms with Crippen LogP contribution in [-0.4, -0.2) is 19.1 Å². The van der Waals surface area contributed by atoms with E-state index in [1.165, 1.54) is 11.1 Å². The fourth-order valence-corrected chi connectivity index (χ4v) is 2.68. The van der Waals surface area contributed by atoms with E-state index in [-0.39, 0.29) is 11.9 Å². The Balaban J connectivity index is 2.06. The van der Waals surface area contributed by atoms with Crippen molar-refractivity contribution in [2.24, 2.45) is 11.7 Å². The van der Waals surface area contributed by atoms with E-state index in [0.717, 1.165) is 18.4 Å². The average molecular weight is 311 g/mol. The highest BCUT2D eigenvalue weighted by molar-refractivity contribution is 5.73. The molecular weight excluding hydrogens is 286 g/mol. The first-order valence-corrected chi connectivity index (χ1v) is 8.25. The lowest BCUT2D eigenvalue weighted by Crippen LogP contribution is -2.21. The molecule has 0 aliphatic carbocycles. The highest BCUT2D eigenvalue weighted by atomic mass is 16.5. The Bertz CT molecular complexity index is 593. The Kier molecular flexibility index (Phi) is 6.82. The molecule has 0 fully saturated rings. The van der Waals surface area contributed by atoms with Gasteiger partial charge in [0, 0.05) is 0 Å². The van der Waals surface area contributed by atoms with Gasteiger partial charge in [-0.25, -0.2) is 0 Å². The van der Waals surface area contributed by atoms with Crippen molar-refractivity contribution in [2.45, 2.75) is 26.2 Å². The van der Waals surface area contributed by atoms with Gasteiger partial charge in [0.2, 0.25) is 0 Å². The third-order valence-electron chi connectivity index (χ3n) is 3.92. The first-order valence-electron chi connectivity index (χ1n) is 8.25. The van der Waals surface area contributed by atoms with Crippen LogP contribution >= 0.6 is 0 Å². The molecule has 0 saturated heterocycles. The van der Waals surface area contributed by atoms with Crippen molar-refractivity contribution in [3.8, 4) is 11.1 Å². The average Bonchev–Trinajstić information content (AvgIpc) is 2.60. The first kappa shape index (κ1) is 17.2. The van der Waals surface area contributed by atoms with E-state index in [1.807, 2.05) is 25.1 Å². The van der Waals surface area contributed by atoms with E-state index >= 15 is 0 Å². The third-order valence-corrected chi connectivity index (χ3v) is 3.92. The van der Waals surface area contributed by atoms with Crippen LogP contribution in [0.4, 0.5) is 0 Å². The molecule has 23 heavy (non-hydrogen) atoms. The predicted octanol–water partition coefficient (Wildman–Crippen LogP) is 3.81. The maximum atomic E-state index is 12.1. The van der Waals surface area contributed by atoms with Gasteiger partial charge in [-0.15, -0.1) is 0 Å². The van der Waals surface area contributed by atoms with Crippen molar-refractivity contribution >= 4 is 5.97 Å². The predicted molar refractivity (Wildman–Crippen MR) is 94.0 cm³/mol. The zero-order valence-electron chi connectivity index (χ0n) is 13.7. The molecule has 2 aromatic rings. The lowest BCUT2D eigenvalue weighted by Gasteiger charge is -2.15. The summed E-state index contributed by atoms with van der Waals surface area (Å²) in [6.45, 7) is 2.86. The molecule has 122 valence electrons. The summed E-state index contributed by atoms with van der Waals surface area (Å²) in [6, 6.07) is 18.7. The molecule has 2 rings (SSSR count). The number of nitrogens with two attached hydrogens (primary N) is 1. The summed E-state index contributed by atoms with van der Waals surface area (Å²) in [7, 11) is 0. The van der Waals surface area contributed by atoms with Crippen LogP contribution < -0.4 is 5.73 Å². The van der Waals surface area contributed by atoms with Gasteiger partial charge >= 0.3 is 5.97 Å². The number of benzene rings is 2. The highest BCUT2D eigenvalue weighted by Crippen LogP contribution is 2.22. The summed E-state index contributed by atoms with van der Waals surface area (Å²) in [5.74, 6) is -0.228. The van der Waals surface area contributed by atoms with Crippen molar-refractivity contribution in [1.82, 2.24) is 0 Å². The van der Waals surface area contributed by atoms with Gasteiger partial charge in [-0.2, -0.15) is 0 Å². The van der Waals surface area contributed by atoms with Crippen molar-refractivity contribution in [1.29, 1.82) is 0 Å². The SMILES string of the molecule is CCOC(=O)[C@H](CCCN)Cc1ccc(-c2ccccc2)cc1. The normalized spacial score (nSPS) is 11.9. The molecule has 3 nitrogen and oxygen atoms in total. The Hall–Kier alpha value is -2.13. The van der Waals surface area contributed by atoms with Crippen LogP contribution in [0.25, 0.3) is 11.1 Å². The van der Waals surface area contributed by atoms with Crippen molar-refractivity contribution in [3.05, 3.63) is 60.2 Å². The van der Waals surface area contributed by atoms with E-state index in [0.29, 0.717) is 19.6 Å². The van der Waals surface area contributed by atoms with E-state index in [2.05, 4.69) is 36.4 Å². The molecule has 0 radical (unpaired) electrons. The summed E-state index contributed by atoms with van der Waals surface area (Å²) in [5.41, 5.74) is 9.11. The standard InChI is InChI=1S/C20H25NO2/c1-2-23-20(22)19(9-6-14-21)15-16-10-12-18(13-11-16)17-7-4-3-5-8-17/h3-5,7-8,10-13,19H,2,6,9,14-15,21H2,1H3/t19-/m1/s1. The number of esters is 1. The highest BCUT2D eigenvalue weighted by Gasteiger charge is 2.19. The number of hydrogen-bond donors (Lipinski definition) is 1. The number of hydrogen-bond acceptors (Lipinski definition) is 3. The minimum atomic E-state index is -0.118. The summed E-state index contributed by atoms with van der Waals surface area (Å²) in [4.78, 5) is 12.1. The molecule has 0 amide bonds. The van der Waals surface area contributed by atoms with E-state index in [4.69, 9.17) is 10.5 Å². The number of ether oxygens (including phenoxy) is 1. The van der Waals surface area contributed by atoms with E-state index in [9.17, 15) is 4.79 Å². The van der Waals surface area contributed by atoms with Gasteiger partial charge in [-0.1, -0.05) is 54.6 Å². The van der Waals surface area contributed by atoms with Crippen LogP contribution in [0.5, 0.6) is 0 Å². The lowest BCUT2D eigenvalue weighted by molar-refractivity contribution is -0.148. The molecule has 0 aliphatic rings. The first-order chi connectivity index (χ1) is 11.2. The maximum absolute atomic E-state index is 12.1. The molecule has 2 aromatic carbocycles. The molecule has 0 spiro atoms. The topological polar surface area (TPSA) is 52.3 Å². The lowest BCUT2D eigenvalue weighted by atomic mass is 9.93.